The third-order valence-corrected chi connectivity index (χ3v) is 3.64. The summed E-state index contributed by atoms with van der Waals surface area (Å²) in [7, 11) is 0. The Morgan fingerprint density at radius 1 is 1.33 bits per heavy atom. The minimum atomic E-state index is -4.28. The zero-order valence-electron chi connectivity index (χ0n) is 10.0. The number of benzene rings is 1. The van der Waals surface area contributed by atoms with Crippen LogP contribution in [-0.4, -0.2) is 6.04 Å². The Morgan fingerprint density at radius 3 is 2.56 bits per heavy atom. The lowest BCUT2D eigenvalue weighted by Crippen LogP contribution is -2.44. The van der Waals surface area contributed by atoms with Crippen molar-refractivity contribution >= 4 is 0 Å². The van der Waals surface area contributed by atoms with Crippen molar-refractivity contribution in [2.45, 2.75) is 37.9 Å². The van der Waals surface area contributed by atoms with Gasteiger partial charge in [-0.15, -0.1) is 0 Å². The van der Waals surface area contributed by atoms with Crippen LogP contribution in [0.3, 0.4) is 0 Å². The van der Waals surface area contributed by atoms with Crippen molar-refractivity contribution < 1.29 is 13.2 Å². The predicted octanol–water partition coefficient (Wildman–Crippen LogP) is 2.88. The zero-order valence-corrected chi connectivity index (χ0v) is 10.0. The second-order valence-corrected chi connectivity index (χ2v) is 4.87. The van der Waals surface area contributed by atoms with E-state index in [1.807, 2.05) is 0 Å². The molecule has 1 aromatic carbocycles. The molecule has 0 amide bonds. The van der Waals surface area contributed by atoms with Crippen LogP contribution in [0, 0.1) is 5.92 Å². The van der Waals surface area contributed by atoms with Gasteiger partial charge in [-0.25, -0.2) is 0 Å². The zero-order chi connectivity index (χ0) is 13.2. The molecule has 1 unspecified atom stereocenters. The molecule has 2 rings (SSSR count). The summed E-state index contributed by atoms with van der Waals surface area (Å²) in [6, 6.07) is 5.55. The predicted molar refractivity (Wildman–Crippen MR) is 63.6 cm³/mol. The summed E-state index contributed by atoms with van der Waals surface area (Å²) in [5.74, 6) is 5.97. The molecule has 18 heavy (non-hydrogen) atoms. The summed E-state index contributed by atoms with van der Waals surface area (Å²) in [6.07, 6.45) is -0.337. The van der Waals surface area contributed by atoms with E-state index >= 15 is 0 Å². The Morgan fingerprint density at radius 2 is 2.06 bits per heavy atom. The van der Waals surface area contributed by atoms with E-state index in [1.54, 1.807) is 6.07 Å². The quantitative estimate of drug-likeness (QED) is 0.643. The first-order valence-electron chi connectivity index (χ1n) is 6.13. The second kappa shape index (κ2) is 5.28. The summed E-state index contributed by atoms with van der Waals surface area (Å²) in [5.41, 5.74) is 2.82. The number of rotatable bonds is 4. The van der Waals surface area contributed by atoms with Crippen LogP contribution in [-0.2, 0) is 12.6 Å². The maximum atomic E-state index is 12.6. The number of hydrogen-bond donors (Lipinski definition) is 2. The topological polar surface area (TPSA) is 38.0 Å². The lowest BCUT2D eigenvalue weighted by atomic mass is 9.78. The van der Waals surface area contributed by atoms with E-state index in [9.17, 15) is 13.2 Å². The van der Waals surface area contributed by atoms with E-state index in [-0.39, 0.29) is 6.04 Å². The van der Waals surface area contributed by atoms with Crippen LogP contribution in [0.1, 0.15) is 30.4 Å². The Bertz CT molecular complexity index is 399. The van der Waals surface area contributed by atoms with Crippen molar-refractivity contribution in [2.24, 2.45) is 11.8 Å². The third-order valence-electron chi connectivity index (χ3n) is 3.64. The molecule has 1 fully saturated rings. The van der Waals surface area contributed by atoms with Gasteiger partial charge in [0.05, 0.1) is 5.56 Å². The molecule has 0 aliphatic heterocycles. The highest BCUT2D eigenvalue weighted by molar-refractivity contribution is 5.26. The summed E-state index contributed by atoms with van der Waals surface area (Å²) < 4.78 is 37.7. The van der Waals surface area contributed by atoms with Gasteiger partial charge in [0, 0.05) is 6.04 Å². The van der Waals surface area contributed by atoms with E-state index in [4.69, 9.17) is 5.84 Å². The van der Waals surface area contributed by atoms with Gasteiger partial charge in [-0.3, -0.25) is 11.3 Å². The van der Waals surface area contributed by atoms with Gasteiger partial charge in [0.15, 0.2) is 0 Å². The molecule has 5 heteroatoms. The fourth-order valence-corrected chi connectivity index (χ4v) is 2.33. The van der Waals surface area contributed by atoms with Crippen molar-refractivity contribution in [3.05, 3.63) is 35.4 Å². The Hall–Kier alpha value is -1.07. The van der Waals surface area contributed by atoms with E-state index < -0.39 is 11.7 Å². The highest BCUT2D eigenvalue weighted by atomic mass is 19.4. The van der Waals surface area contributed by atoms with Crippen LogP contribution in [0.2, 0.25) is 0 Å². The highest BCUT2D eigenvalue weighted by Crippen LogP contribution is 2.32. The SMILES string of the molecule is NNC(Cc1cccc(C(F)(F)F)c1)C1CCC1. The van der Waals surface area contributed by atoms with E-state index in [0.29, 0.717) is 17.9 Å². The smallest absolute Gasteiger partial charge is 0.271 e. The molecule has 2 nitrogen and oxygen atoms in total. The minimum absolute atomic E-state index is 0.0715. The summed E-state index contributed by atoms with van der Waals surface area (Å²) in [5, 5.41) is 0. The first kappa shape index (κ1) is 13.4. The van der Waals surface area contributed by atoms with Gasteiger partial charge in [-0.2, -0.15) is 13.2 Å². The maximum absolute atomic E-state index is 12.6. The van der Waals surface area contributed by atoms with Gasteiger partial charge in [0.1, 0.15) is 0 Å². The van der Waals surface area contributed by atoms with Gasteiger partial charge in [0.25, 0.3) is 0 Å². The second-order valence-electron chi connectivity index (χ2n) is 4.87. The van der Waals surface area contributed by atoms with Crippen LogP contribution < -0.4 is 11.3 Å². The fraction of sp³-hybridized carbons (Fsp3) is 0.538. The first-order valence-corrected chi connectivity index (χ1v) is 6.13. The third kappa shape index (κ3) is 3.03. The monoisotopic (exact) mass is 258 g/mol. The number of halogens is 3. The number of alkyl halides is 3. The molecule has 0 radical (unpaired) electrons. The van der Waals surface area contributed by atoms with Crippen molar-refractivity contribution in [1.29, 1.82) is 0 Å². The van der Waals surface area contributed by atoms with Crippen LogP contribution >= 0.6 is 0 Å². The van der Waals surface area contributed by atoms with Gasteiger partial charge in [-0.05, 0) is 36.8 Å². The van der Waals surface area contributed by atoms with Gasteiger partial charge in [-0.1, -0.05) is 24.6 Å². The molecule has 1 saturated carbocycles. The molecule has 3 N–H and O–H groups in total. The molecule has 1 aliphatic carbocycles. The molecule has 1 aliphatic rings. The lowest BCUT2D eigenvalue weighted by molar-refractivity contribution is -0.137. The van der Waals surface area contributed by atoms with E-state index in [0.717, 1.165) is 18.9 Å². The normalized spacial score (nSPS) is 18.4. The molecular formula is C13H17F3N2. The van der Waals surface area contributed by atoms with Crippen LogP contribution in [0.4, 0.5) is 13.2 Å². The Kier molecular flexibility index (Phi) is 3.92. The molecular weight excluding hydrogens is 241 g/mol. The van der Waals surface area contributed by atoms with Crippen LogP contribution in [0.5, 0.6) is 0 Å². The number of nitrogens with two attached hydrogens (primary N) is 1. The molecule has 0 heterocycles. The van der Waals surface area contributed by atoms with Crippen molar-refractivity contribution in [2.75, 3.05) is 0 Å². The average molecular weight is 258 g/mol. The van der Waals surface area contributed by atoms with Crippen molar-refractivity contribution in [1.82, 2.24) is 5.43 Å². The van der Waals surface area contributed by atoms with Crippen molar-refractivity contribution in [3.63, 3.8) is 0 Å². The standard InChI is InChI=1S/C13H17F3N2/c14-13(15,16)11-6-1-3-9(7-11)8-12(18-17)10-4-2-5-10/h1,3,6-7,10,12,18H,2,4-5,8,17H2. The molecule has 1 aromatic rings. The Labute approximate surface area is 104 Å². The number of hydrazine groups is 1. The van der Waals surface area contributed by atoms with E-state index in [1.165, 1.54) is 18.6 Å². The summed E-state index contributed by atoms with van der Waals surface area (Å²) in [6.45, 7) is 0. The molecule has 100 valence electrons. The summed E-state index contributed by atoms with van der Waals surface area (Å²) in [4.78, 5) is 0. The fourth-order valence-electron chi connectivity index (χ4n) is 2.33. The highest BCUT2D eigenvalue weighted by Gasteiger charge is 2.31. The molecule has 0 bridgehead atoms. The maximum Gasteiger partial charge on any atom is 0.416 e. The van der Waals surface area contributed by atoms with Gasteiger partial charge >= 0.3 is 6.18 Å². The van der Waals surface area contributed by atoms with E-state index in [2.05, 4.69) is 5.43 Å². The first-order chi connectivity index (χ1) is 8.50. The molecule has 1 atom stereocenters. The van der Waals surface area contributed by atoms with Crippen LogP contribution in [0.15, 0.2) is 24.3 Å². The molecule has 0 spiro atoms. The number of hydrogen-bond acceptors (Lipinski definition) is 2. The van der Waals surface area contributed by atoms with Gasteiger partial charge in [0.2, 0.25) is 0 Å². The molecule has 0 aromatic heterocycles. The average Bonchev–Trinajstić information content (AvgIpc) is 2.25. The minimum Gasteiger partial charge on any atom is -0.271 e. The Balaban J connectivity index is 2.08. The van der Waals surface area contributed by atoms with Crippen molar-refractivity contribution in [3.8, 4) is 0 Å². The van der Waals surface area contributed by atoms with Gasteiger partial charge < -0.3 is 0 Å². The lowest BCUT2D eigenvalue weighted by Gasteiger charge is -2.33. The molecule has 0 saturated heterocycles. The largest absolute Gasteiger partial charge is 0.416 e. The number of nitrogens with one attached hydrogen (secondary N) is 1. The summed E-state index contributed by atoms with van der Waals surface area (Å²) >= 11 is 0. The van der Waals surface area contributed by atoms with Crippen LogP contribution in [0.25, 0.3) is 0 Å².